The molecule has 0 fully saturated rings. The Morgan fingerprint density at radius 3 is 2.27 bits per heavy atom. The third kappa shape index (κ3) is 2.94. The third-order valence-corrected chi connectivity index (χ3v) is 3.10. The molecular weight excluding hydrogens is 274 g/mol. The molecule has 1 aromatic heterocycles. The molecule has 2 rings (SSSR count). The van der Waals surface area contributed by atoms with E-state index in [2.05, 4.69) is 25.9 Å². The lowest BCUT2D eigenvalue weighted by molar-refractivity contribution is 0.971. The van der Waals surface area contributed by atoms with Gasteiger partial charge in [0.05, 0.1) is 18.1 Å². The van der Waals surface area contributed by atoms with Gasteiger partial charge >= 0.3 is 0 Å². The fourth-order valence-electron chi connectivity index (χ4n) is 0.987. The van der Waals surface area contributed by atoms with Gasteiger partial charge in [0.2, 0.25) is 0 Å². The van der Waals surface area contributed by atoms with Gasteiger partial charge in [-0.15, -0.1) is 0 Å². The molecular formula is C10H8BrN3S. The van der Waals surface area contributed by atoms with Crippen molar-refractivity contribution in [3.8, 4) is 0 Å². The Morgan fingerprint density at radius 2 is 1.67 bits per heavy atom. The van der Waals surface area contributed by atoms with Crippen molar-refractivity contribution < 1.29 is 0 Å². The molecule has 0 bridgehead atoms. The van der Waals surface area contributed by atoms with E-state index in [0.717, 1.165) is 9.37 Å². The summed E-state index contributed by atoms with van der Waals surface area (Å²) in [6.45, 7) is 0. The minimum absolute atomic E-state index is 0.579. The van der Waals surface area contributed by atoms with Gasteiger partial charge in [0.15, 0.2) is 5.16 Å². The van der Waals surface area contributed by atoms with Crippen molar-refractivity contribution >= 4 is 33.4 Å². The standard InChI is InChI=1S/C10H8BrN3S/c11-7-1-3-9(4-2-7)15-10-13-5-8(12)6-14-10/h1-6H,12H2. The maximum Gasteiger partial charge on any atom is 0.192 e. The molecule has 2 aromatic rings. The number of hydrogen-bond donors (Lipinski definition) is 1. The highest BCUT2D eigenvalue weighted by Gasteiger charge is 1.99. The van der Waals surface area contributed by atoms with Crippen LogP contribution in [-0.2, 0) is 0 Å². The second-order valence-corrected chi connectivity index (χ2v) is 4.81. The number of nitrogen functional groups attached to an aromatic ring is 1. The minimum atomic E-state index is 0.579. The summed E-state index contributed by atoms with van der Waals surface area (Å²) >= 11 is 4.89. The zero-order valence-electron chi connectivity index (χ0n) is 7.72. The molecule has 15 heavy (non-hydrogen) atoms. The highest BCUT2D eigenvalue weighted by molar-refractivity contribution is 9.10. The average Bonchev–Trinajstić information content (AvgIpc) is 2.25. The van der Waals surface area contributed by atoms with Crippen molar-refractivity contribution in [3.05, 3.63) is 41.1 Å². The van der Waals surface area contributed by atoms with Crippen LogP contribution in [-0.4, -0.2) is 9.97 Å². The van der Waals surface area contributed by atoms with Crippen molar-refractivity contribution in [2.45, 2.75) is 10.1 Å². The number of aromatic nitrogens is 2. The predicted octanol–water partition coefficient (Wildman–Crippen LogP) is 2.97. The highest BCUT2D eigenvalue weighted by Crippen LogP contribution is 2.25. The predicted molar refractivity (Wildman–Crippen MR) is 64.7 cm³/mol. The summed E-state index contributed by atoms with van der Waals surface area (Å²) in [4.78, 5) is 9.32. The Morgan fingerprint density at radius 1 is 1.07 bits per heavy atom. The molecule has 0 unspecified atom stereocenters. The molecule has 0 saturated heterocycles. The average molecular weight is 282 g/mol. The monoisotopic (exact) mass is 281 g/mol. The quantitative estimate of drug-likeness (QED) is 0.860. The fraction of sp³-hybridized carbons (Fsp3) is 0. The maximum atomic E-state index is 5.50. The van der Waals surface area contributed by atoms with Gasteiger partial charge in [-0.3, -0.25) is 0 Å². The van der Waals surface area contributed by atoms with Crippen LogP contribution < -0.4 is 5.73 Å². The molecule has 0 aliphatic heterocycles. The van der Waals surface area contributed by atoms with Gasteiger partial charge in [0.25, 0.3) is 0 Å². The Bertz CT molecular complexity index is 398. The van der Waals surface area contributed by atoms with Crippen LogP contribution in [0.15, 0.2) is 51.2 Å². The summed E-state index contributed by atoms with van der Waals surface area (Å²) in [6, 6.07) is 7.99. The van der Waals surface area contributed by atoms with E-state index >= 15 is 0 Å². The van der Waals surface area contributed by atoms with E-state index in [0.29, 0.717) is 10.8 Å². The van der Waals surface area contributed by atoms with Crippen LogP contribution in [0.3, 0.4) is 0 Å². The number of benzene rings is 1. The first-order chi connectivity index (χ1) is 7.24. The Hall–Kier alpha value is -1.07. The first-order valence-corrected chi connectivity index (χ1v) is 5.86. The Kier molecular flexibility index (Phi) is 3.23. The second kappa shape index (κ2) is 4.63. The number of halogens is 1. The summed E-state index contributed by atoms with van der Waals surface area (Å²) < 4.78 is 1.06. The van der Waals surface area contributed by atoms with Crippen LogP contribution in [0.4, 0.5) is 5.69 Å². The Labute approximate surface area is 100 Å². The molecule has 0 aliphatic rings. The lowest BCUT2D eigenvalue weighted by atomic mass is 10.4. The molecule has 0 atom stereocenters. The molecule has 2 N–H and O–H groups in total. The molecule has 1 aromatic carbocycles. The smallest absolute Gasteiger partial charge is 0.192 e. The first-order valence-electron chi connectivity index (χ1n) is 4.25. The number of nitrogens with two attached hydrogens (primary N) is 1. The first kappa shape index (κ1) is 10.4. The topological polar surface area (TPSA) is 51.8 Å². The van der Waals surface area contributed by atoms with Crippen LogP contribution in [0.1, 0.15) is 0 Å². The van der Waals surface area contributed by atoms with Crippen LogP contribution >= 0.6 is 27.7 Å². The highest BCUT2D eigenvalue weighted by atomic mass is 79.9. The Balaban J connectivity index is 2.15. The van der Waals surface area contributed by atoms with E-state index in [4.69, 9.17) is 5.73 Å². The van der Waals surface area contributed by atoms with E-state index in [9.17, 15) is 0 Å². The summed E-state index contributed by atoms with van der Waals surface area (Å²) in [6.07, 6.45) is 3.21. The molecule has 1 heterocycles. The lowest BCUT2D eigenvalue weighted by Gasteiger charge is -2.00. The normalized spacial score (nSPS) is 10.2. The second-order valence-electron chi connectivity index (χ2n) is 2.85. The van der Waals surface area contributed by atoms with Crippen molar-refractivity contribution in [2.75, 3.05) is 5.73 Å². The van der Waals surface area contributed by atoms with Crippen LogP contribution in [0.25, 0.3) is 0 Å². The molecule has 5 heteroatoms. The largest absolute Gasteiger partial charge is 0.396 e. The molecule has 0 aliphatic carbocycles. The zero-order chi connectivity index (χ0) is 10.7. The van der Waals surface area contributed by atoms with Gasteiger partial charge in [-0.25, -0.2) is 9.97 Å². The van der Waals surface area contributed by atoms with Gasteiger partial charge in [-0.05, 0) is 36.0 Å². The van der Waals surface area contributed by atoms with Crippen LogP contribution in [0.2, 0.25) is 0 Å². The summed E-state index contributed by atoms with van der Waals surface area (Å²) in [7, 11) is 0. The molecule has 0 radical (unpaired) electrons. The summed E-state index contributed by atoms with van der Waals surface area (Å²) in [5, 5.41) is 0.700. The van der Waals surface area contributed by atoms with Crippen LogP contribution in [0, 0.1) is 0 Å². The number of anilines is 1. The summed E-state index contributed by atoms with van der Waals surface area (Å²) in [5.74, 6) is 0. The molecule has 76 valence electrons. The van der Waals surface area contributed by atoms with Crippen molar-refractivity contribution in [1.29, 1.82) is 0 Å². The number of hydrogen-bond acceptors (Lipinski definition) is 4. The number of nitrogens with zero attached hydrogens (tertiary/aromatic N) is 2. The van der Waals surface area contributed by atoms with Crippen LogP contribution in [0.5, 0.6) is 0 Å². The van der Waals surface area contributed by atoms with E-state index in [1.54, 1.807) is 12.4 Å². The van der Waals surface area contributed by atoms with Crippen molar-refractivity contribution in [1.82, 2.24) is 9.97 Å². The van der Waals surface area contributed by atoms with Gasteiger partial charge in [-0.2, -0.15) is 0 Å². The molecule has 3 nitrogen and oxygen atoms in total. The zero-order valence-corrected chi connectivity index (χ0v) is 10.1. The van der Waals surface area contributed by atoms with Gasteiger partial charge in [-0.1, -0.05) is 15.9 Å². The van der Waals surface area contributed by atoms with E-state index in [-0.39, 0.29) is 0 Å². The van der Waals surface area contributed by atoms with E-state index in [1.807, 2.05) is 24.3 Å². The lowest BCUT2D eigenvalue weighted by Crippen LogP contribution is -1.90. The van der Waals surface area contributed by atoms with Crippen molar-refractivity contribution in [2.24, 2.45) is 0 Å². The SMILES string of the molecule is Nc1cnc(Sc2ccc(Br)cc2)nc1. The third-order valence-electron chi connectivity index (χ3n) is 1.67. The van der Waals surface area contributed by atoms with Crippen molar-refractivity contribution in [3.63, 3.8) is 0 Å². The van der Waals surface area contributed by atoms with E-state index < -0.39 is 0 Å². The van der Waals surface area contributed by atoms with Gasteiger partial charge in [0.1, 0.15) is 0 Å². The molecule has 0 spiro atoms. The van der Waals surface area contributed by atoms with E-state index in [1.165, 1.54) is 11.8 Å². The van der Waals surface area contributed by atoms with Gasteiger partial charge < -0.3 is 5.73 Å². The molecule has 0 amide bonds. The minimum Gasteiger partial charge on any atom is -0.396 e. The summed E-state index contributed by atoms with van der Waals surface area (Å²) in [5.41, 5.74) is 6.08. The van der Waals surface area contributed by atoms with Gasteiger partial charge in [0, 0.05) is 9.37 Å². The fourth-order valence-corrected chi connectivity index (χ4v) is 1.95. The number of rotatable bonds is 2. The molecule has 0 saturated carbocycles. The maximum absolute atomic E-state index is 5.50.